The predicted molar refractivity (Wildman–Crippen MR) is 83.8 cm³/mol. The molecule has 0 heterocycles. The molecule has 1 amide bonds. The predicted octanol–water partition coefficient (Wildman–Crippen LogP) is 2.10. The highest BCUT2D eigenvalue weighted by Gasteiger charge is 2.08. The SMILES string of the molecule is CCCNCc1ccc(OCCC)cc1OCC(=O)NC. The first-order valence-corrected chi connectivity index (χ1v) is 7.51. The Balaban J connectivity index is 2.76. The molecule has 0 radical (unpaired) electrons. The van der Waals surface area contributed by atoms with Gasteiger partial charge in [-0.25, -0.2) is 0 Å². The van der Waals surface area contributed by atoms with Crippen LogP contribution in [0.1, 0.15) is 32.3 Å². The summed E-state index contributed by atoms with van der Waals surface area (Å²) >= 11 is 0. The highest BCUT2D eigenvalue weighted by molar-refractivity contribution is 5.77. The second kappa shape index (κ2) is 10.0. The molecule has 2 N–H and O–H groups in total. The fourth-order valence-corrected chi connectivity index (χ4v) is 1.74. The Kier molecular flexibility index (Phi) is 8.28. The minimum absolute atomic E-state index is 0.00844. The normalized spacial score (nSPS) is 10.2. The van der Waals surface area contributed by atoms with Gasteiger partial charge in [-0.15, -0.1) is 0 Å². The molecule has 0 unspecified atom stereocenters. The van der Waals surface area contributed by atoms with E-state index in [0.29, 0.717) is 18.9 Å². The van der Waals surface area contributed by atoms with E-state index in [-0.39, 0.29) is 12.5 Å². The molecule has 21 heavy (non-hydrogen) atoms. The average molecular weight is 294 g/mol. The number of hydrogen-bond acceptors (Lipinski definition) is 4. The van der Waals surface area contributed by atoms with Gasteiger partial charge >= 0.3 is 0 Å². The molecular formula is C16H26N2O3. The molecule has 0 aliphatic heterocycles. The van der Waals surface area contributed by atoms with Crippen molar-refractivity contribution in [1.82, 2.24) is 10.6 Å². The monoisotopic (exact) mass is 294 g/mol. The maximum absolute atomic E-state index is 11.3. The number of nitrogens with one attached hydrogen (secondary N) is 2. The van der Waals surface area contributed by atoms with E-state index in [0.717, 1.165) is 30.7 Å². The van der Waals surface area contributed by atoms with Gasteiger partial charge in [0.25, 0.3) is 5.91 Å². The van der Waals surface area contributed by atoms with E-state index in [1.165, 1.54) is 0 Å². The van der Waals surface area contributed by atoms with Gasteiger partial charge in [0, 0.05) is 25.2 Å². The largest absolute Gasteiger partial charge is 0.493 e. The molecule has 1 aromatic carbocycles. The first-order valence-electron chi connectivity index (χ1n) is 7.51. The zero-order valence-corrected chi connectivity index (χ0v) is 13.2. The number of hydrogen-bond donors (Lipinski definition) is 2. The average Bonchev–Trinajstić information content (AvgIpc) is 2.52. The number of amides is 1. The summed E-state index contributed by atoms with van der Waals surface area (Å²) in [5.74, 6) is 1.31. The summed E-state index contributed by atoms with van der Waals surface area (Å²) in [6, 6.07) is 5.76. The van der Waals surface area contributed by atoms with E-state index >= 15 is 0 Å². The van der Waals surface area contributed by atoms with Gasteiger partial charge in [-0.3, -0.25) is 4.79 Å². The summed E-state index contributed by atoms with van der Waals surface area (Å²) in [6.45, 7) is 6.52. The van der Waals surface area contributed by atoms with E-state index in [2.05, 4.69) is 24.5 Å². The summed E-state index contributed by atoms with van der Waals surface area (Å²) in [4.78, 5) is 11.3. The van der Waals surface area contributed by atoms with Gasteiger partial charge in [0.15, 0.2) is 6.61 Å². The molecule has 1 rings (SSSR count). The third kappa shape index (κ3) is 6.49. The van der Waals surface area contributed by atoms with E-state index in [1.54, 1.807) is 7.05 Å². The van der Waals surface area contributed by atoms with E-state index in [9.17, 15) is 4.79 Å². The molecule has 0 saturated heterocycles. The lowest BCUT2D eigenvalue weighted by atomic mass is 10.2. The van der Waals surface area contributed by atoms with Gasteiger partial charge in [0.05, 0.1) is 6.61 Å². The van der Waals surface area contributed by atoms with E-state index in [4.69, 9.17) is 9.47 Å². The van der Waals surface area contributed by atoms with Crippen molar-refractivity contribution in [2.45, 2.75) is 33.2 Å². The lowest BCUT2D eigenvalue weighted by molar-refractivity contribution is -0.122. The number of rotatable bonds is 10. The second-order valence-electron chi connectivity index (χ2n) is 4.76. The molecule has 5 nitrogen and oxygen atoms in total. The summed E-state index contributed by atoms with van der Waals surface area (Å²) in [7, 11) is 1.59. The third-order valence-electron chi connectivity index (χ3n) is 2.89. The van der Waals surface area contributed by atoms with Crippen LogP contribution in [0.4, 0.5) is 0 Å². The Hall–Kier alpha value is -1.75. The van der Waals surface area contributed by atoms with Crippen LogP contribution in [0.25, 0.3) is 0 Å². The lowest BCUT2D eigenvalue weighted by Gasteiger charge is -2.14. The van der Waals surface area contributed by atoms with Crippen molar-refractivity contribution in [2.75, 3.05) is 26.8 Å². The standard InChI is InChI=1S/C16H26N2O3/c1-4-8-18-11-13-6-7-14(20-9-5-2)10-15(13)21-12-16(19)17-3/h6-7,10,18H,4-5,8-9,11-12H2,1-3H3,(H,17,19). The molecule has 0 spiro atoms. The first kappa shape index (κ1) is 17.3. The topological polar surface area (TPSA) is 59.6 Å². The van der Waals surface area contributed by atoms with Gasteiger partial charge in [-0.2, -0.15) is 0 Å². The van der Waals surface area contributed by atoms with Gasteiger partial charge in [0.2, 0.25) is 0 Å². The third-order valence-corrected chi connectivity index (χ3v) is 2.89. The van der Waals surface area contributed by atoms with Gasteiger partial charge in [0.1, 0.15) is 11.5 Å². The number of benzene rings is 1. The van der Waals surface area contributed by atoms with Crippen molar-refractivity contribution in [3.8, 4) is 11.5 Å². The van der Waals surface area contributed by atoms with Crippen LogP contribution in [-0.2, 0) is 11.3 Å². The molecule has 118 valence electrons. The van der Waals surface area contributed by atoms with Crippen molar-refractivity contribution < 1.29 is 14.3 Å². The van der Waals surface area contributed by atoms with Crippen molar-refractivity contribution in [3.05, 3.63) is 23.8 Å². The maximum Gasteiger partial charge on any atom is 0.257 e. The molecule has 0 fully saturated rings. The number of likely N-dealkylation sites (N-methyl/N-ethyl adjacent to an activating group) is 1. The van der Waals surface area contributed by atoms with Crippen LogP contribution in [0.3, 0.4) is 0 Å². The Labute approximate surface area is 127 Å². The molecule has 0 aliphatic rings. The Bertz CT molecular complexity index is 436. The lowest BCUT2D eigenvalue weighted by Crippen LogP contribution is -2.25. The van der Waals surface area contributed by atoms with Gasteiger partial charge in [-0.05, 0) is 25.5 Å². The highest BCUT2D eigenvalue weighted by atomic mass is 16.5. The molecular weight excluding hydrogens is 268 g/mol. The molecule has 0 saturated carbocycles. The fraction of sp³-hybridized carbons (Fsp3) is 0.562. The quantitative estimate of drug-likeness (QED) is 0.649. The number of ether oxygens (including phenoxy) is 2. The first-order chi connectivity index (χ1) is 10.2. The summed E-state index contributed by atoms with van der Waals surface area (Å²) in [5.41, 5.74) is 1.02. The Morgan fingerprint density at radius 1 is 1.19 bits per heavy atom. The zero-order chi connectivity index (χ0) is 15.5. The van der Waals surface area contributed by atoms with Crippen LogP contribution in [0, 0.1) is 0 Å². The smallest absolute Gasteiger partial charge is 0.257 e. The zero-order valence-electron chi connectivity index (χ0n) is 13.2. The van der Waals surface area contributed by atoms with Gasteiger partial charge in [-0.1, -0.05) is 19.9 Å². The Morgan fingerprint density at radius 3 is 2.67 bits per heavy atom. The van der Waals surface area contributed by atoms with Crippen LogP contribution < -0.4 is 20.1 Å². The molecule has 0 atom stereocenters. The molecule has 5 heteroatoms. The highest BCUT2D eigenvalue weighted by Crippen LogP contribution is 2.25. The molecule has 1 aromatic rings. The summed E-state index contributed by atoms with van der Waals surface area (Å²) in [6.07, 6.45) is 2.03. The van der Waals surface area contributed by atoms with E-state index < -0.39 is 0 Å². The molecule has 0 aromatic heterocycles. The minimum atomic E-state index is -0.151. The van der Waals surface area contributed by atoms with Crippen LogP contribution in [0.5, 0.6) is 11.5 Å². The van der Waals surface area contributed by atoms with Crippen molar-refractivity contribution >= 4 is 5.91 Å². The van der Waals surface area contributed by atoms with E-state index in [1.807, 2.05) is 18.2 Å². The van der Waals surface area contributed by atoms with Gasteiger partial charge < -0.3 is 20.1 Å². The van der Waals surface area contributed by atoms with Crippen LogP contribution in [-0.4, -0.2) is 32.7 Å². The minimum Gasteiger partial charge on any atom is -0.493 e. The van der Waals surface area contributed by atoms with Crippen LogP contribution >= 0.6 is 0 Å². The summed E-state index contributed by atoms with van der Waals surface area (Å²) < 4.78 is 11.2. The van der Waals surface area contributed by atoms with Crippen LogP contribution in [0.15, 0.2) is 18.2 Å². The second-order valence-corrected chi connectivity index (χ2v) is 4.76. The van der Waals surface area contributed by atoms with Crippen molar-refractivity contribution in [3.63, 3.8) is 0 Å². The fourth-order valence-electron chi connectivity index (χ4n) is 1.74. The maximum atomic E-state index is 11.3. The molecule has 0 bridgehead atoms. The summed E-state index contributed by atoms with van der Waals surface area (Å²) in [5, 5.41) is 5.88. The van der Waals surface area contributed by atoms with Crippen LogP contribution in [0.2, 0.25) is 0 Å². The van der Waals surface area contributed by atoms with Crippen molar-refractivity contribution in [1.29, 1.82) is 0 Å². The number of carbonyl (C=O) groups is 1. The van der Waals surface area contributed by atoms with Crippen molar-refractivity contribution in [2.24, 2.45) is 0 Å². The Morgan fingerprint density at radius 2 is 2.00 bits per heavy atom. The number of carbonyl (C=O) groups excluding carboxylic acids is 1. The molecule has 0 aliphatic carbocycles.